The van der Waals surface area contributed by atoms with Crippen LogP contribution >= 0.6 is 0 Å². The van der Waals surface area contributed by atoms with E-state index in [1.54, 1.807) is 0 Å². The van der Waals surface area contributed by atoms with Gasteiger partial charge in [0.25, 0.3) is 9.84 Å². The van der Waals surface area contributed by atoms with Crippen LogP contribution in [-0.4, -0.2) is 46.9 Å². The first-order chi connectivity index (χ1) is 9.55. The van der Waals surface area contributed by atoms with E-state index in [9.17, 15) is 30.0 Å². The Labute approximate surface area is 120 Å². The summed E-state index contributed by atoms with van der Waals surface area (Å²) < 4.78 is 83.9. The topological polar surface area (TPSA) is 71.5 Å². The highest BCUT2D eigenvalue weighted by atomic mass is 32.2. The first-order valence-corrected chi connectivity index (χ1v) is 9.21. The quantitative estimate of drug-likeness (QED) is 0.807. The van der Waals surface area contributed by atoms with Crippen LogP contribution in [0.3, 0.4) is 0 Å². The van der Waals surface area contributed by atoms with Crippen LogP contribution in [-0.2, 0) is 19.7 Å². The molecule has 0 unspecified atom stereocenters. The Morgan fingerprint density at radius 1 is 1.05 bits per heavy atom. The number of halogens is 3. The number of hydrogen-bond acceptors (Lipinski definition) is 5. The van der Waals surface area contributed by atoms with E-state index in [0.29, 0.717) is 0 Å². The van der Waals surface area contributed by atoms with Crippen LogP contribution in [0.4, 0.5) is 18.9 Å². The zero-order valence-corrected chi connectivity index (χ0v) is 12.3. The zero-order valence-electron chi connectivity index (χ0n) is 10.7. The van der Waals surface area contributed by atoms with Crippen LogP contribution in [0.5, 0.6) is 0 Å². The second kappa shape index (κ2) is 5.16. The maximum absolute atomic E-state index is 12.7. The average Bonchev–Trinajstić information content (AvgIpc) is 2.37. The van der Waals surface area contributed by atoms with E-state index in [4.69, 9.17) is 0 Å². The second-order valence-electron chi connectivity index (χ2n) is 4.56. The first-order valence-electron chi connectivity index (χ1n) is 5.90. The molecule has 0 aliphatic carbocycles. The molecule has 1 heterocycles. The Bertz CT molecular complexity index is 727. The Hall–Kier alpha value is -1.29. The molecule has 1 fully saturated rings. The second-order valence-corrected chi connectivity index (χ2v) is 8.77. The van der Waals surface area contributed by atoms with Gasteiger partial charge in [-0.3, -0.25) is 0 Å². The lowest BCUT2D eigenvalue weighted by Crippen LogP contribution is -2.41. The van der Waals surface area contributed by atoms with Crippen molar-refractivity contribution in [1.29, 1.82) is 0 Å². The molecule has 10 heteroatoms. The molecule has 2 rings (SSSR count). The first kappa shape index (κ1) is 16.1. The summed E-state index contributed by atoms with van der Waals surface area (Å²) in [6.07, 6.45) is 0. The molecule has 0 atom stereocenters. The Morgan fingerprint density at radius 2 is 1.57 bits per heavy atom. The van der Waals surface area contributed by atoms with Crippen molar-refractivity contribution < 1.29 is 30.0 Å². The molecule has 1 aromatic carbocycles. The summed E-state index contributed by atoms with van der Waals surface area (Å²) in [5.74, 6) is -0.430. The maximum Gasteiger partial charge on any atom is 0.501 e. The number of anilines is 1. The lowest BCUT2D eigenvalue weighted by Gasteiger charge is -2.30. The molecule has 1 saturated heterocycles. The molecule has 1 aromatic rings. The van der Waals surface area contributed by atoms with Crippen LogP contribution < -0.4 is 4.90 Å². The molecule has 5 nitrogen and oxygen atoms in total. The number of para-hydroxylation sites is 1. The van der Waals surface area contributed by atoms with Crippen molar-refractivity contribution in [3.8, 4) is 0 Å². The Morgan fingerprint density at radius 3 is 2.10 bits per heavy atom. The van der Waals surface area contributed by atoms with Crippen molar-refractivity contribution in [2.45, 2.75) is 10.4 Å². The molecule has 1 aliphatic heterocycles. The number of rotatable bonds is 2. The molecule has 0 radical (unpaired) electrons. The molecule has 0 saturated carbocycles. The lowest BCUT2D eigenvalue weighted by atomic mass is 10.3. The molecule has 0 N–H and O–H groups in total. The highest BCUT2D eigenvalue weighted by Gasteiger charge is 2.48. The van der Waals surface area contributed by atoms with Crippen LogP contribution in [0.15, 0.2) is 29.2 Å². The summed E-state index contributed by atoms with van der Waals surface area (Å²) in [6.45, 7) is -0.0700. The van der Waals surface area contributed by atoms with Gasteiger partial charge >= 0.3 is 5.51 Å². The van der Waals surface area contributed by atoms with E-state index in [2.05, 4.69) is 0 Å². The van der Waals surface area contributed by atoms with Gasteiger partial charge in [-0.25, -0.2) is 16.8 Å². The third kappa shape index (κ3) is 3.15. The normalized spacial score (nSPS) is 19.5. The predicted molar refractivity (Wildman–Crippen MR) is 70.5 cm³/mol. The molecule has 118 valence electrons. The summed E-state index contributed by atoms with van der Waals surface area (Å²) in [5, 5.41) is 0. The molecule has 0 bridgehead atoms. The van der Waals surface area contributed by atoms with Crippen LogP contribution in [0.25, 0.3) is 0 Å². The van der Waals surface area contributed by atoms with Crippen molar-refractivity contribution in [3.05, 3.63) is 24.3 Å². The summed E-state index contributed by atoms with van der Waals surface area (Å²) >= 11 is 0. The molecule has 0 spiro atoms. The molecule has 21 heavy (non-hydrogen) atoms. The fourth-order valence-corrected chi connectivity index (χ4v) is 4.20. The summed E-state index contributed by atoms with van der Waals surface area (Å²) in [7, 11) is -8.69. The maximum atomic E-state index is 12.7. The third-order valence-corrected chi connectivity index (χ3v) is 6.29. The van der Waals surface area contributed by atoms with Gasteiger partial charge in [0.1, 0.15) is 0 Å². The van der Waals surface area contributed by atoms with Gasteiger partial charge < -0.3 is 4.90 Å². The SMILES string of the molecule is O=S1(=O)CCN(c2ccccc2S(=O)(=O)C(F)(F)F)CC1. The van der Waals surface area contributed by atoms with Gasteiger partial charge in [0.15, 0.2) is 9.84 Å². The number of alkyl halides is 3. The van der Waals surface area contributed by atoms with E-state index in [0.717, 1.165) is 6.07 Å². The van der Waals surface area contributed by atoms with E-state index in [1.165, 1.54) is 23.1 Å². The fourth-order valence-electron chi connectivity index (χ4n) is 2.02. The van der Waals surface area contributed by atoms with E-state index in [-0.39, 0.29) is 30.3 Å². The molecular formula is C11H12F3NO4S2. The molecule has 0 aromatic heterocycles. The zero-order chi connectivity index (χ0) is 15.9. The molecular weight excluding hydrogens is 331 g/mol. The smallest absolute Gasteiger partial charge is 0.368 e. The third-order valence-electron chi connectivity index (χ3n) is 3.14. The van der Waals surface area contributed by atoms with E-state index in [1.807, 2.05) is 0 Å². The Balaban J connectivity index is 2.44. The van der Waals surface area contributed by atoms with E-state index >= 15 is 0 Å². The minimum absolute atomic E-state index is 0.0350. The number of benzene rings is 1. The van der Waals surface area contributed by atoms with Gasteiger partial charge in [0.05, 0.1) is 22.1 Å². The Kier molecular flexibility index (Phi) is 3.96. The number of nitrogens with zero attached hydrogens (tertiary/aromatic N) is 1. The van der Waals surface area contributed by atoms with Crippen molar-refractivity contribution >= 4 is 25.4 Å². The highest BCUT2D eigenvalue weighted by molar-refractivity contribution is 7.92. The van der Waals surface area contributed by atoms with Crippen LogP contribution in [0.2, 0.25) is 0 Å². The largest absolute Gasteiger partial charge is 0.501 e. The van der Waals surface area contributed by atoms with E-state index < -0.39 is 30.1 Å². The van der Waals surface area contributed by atoms with Gasteiger partial charge in [-0.15, -0.1) is 0 Å². The molecule has 0 amide bonds. The lowest BCUT2D eigenvalue weighted by molar-refractivity contribution is -0.0435. The highest BCUT2D eigenvalue weighted by Crippen LogP contribution is 2.36. The fraction of sp³-hybridized carbons (Fsp3) is 0.455. The number of hydrogen-bond donors (Lipinski definition) is 0. The summed E-state index contributed by atoms with van der Waals surface area (Å²) in [4.78, 5) is 0.497. The van der Waals surface area contributed by atoms with Crippen molar-refractivity contribution in [3.63, 3.8) is 0 Å². The minimum Gasteiger partial charge on any atom is -0.368 e. The predicted octanol–water partition coefficient (Wildman–Crippen LogP) is 1.21. The summed E-state index contributed by atoms with van der Waals surface area (Å²) in [5.41, 5.74) is -5.52. The van der Waals surface area contributed by atoms with Crippen molar-refractivity contribution in [2.24, 2.45) is 0 Å². The minimum atomic E-state index is -5.48. The standard InChI is InChI=1S/C11H12F3NO4S2/c12-11(13,14)21(18,19)10-4-2-1-3-9(10)15-5-7-20(16,17)8-6-15/h1-4H,5-8H2. The van der Waals surface area contributed by atoms with Gasteiger partial charge in [0.2, 0.25) is 0 Å². The van der Waals surface area contributed by atoms with Gasteiger partial charge in [-0.05, 0) is 12.1 Å². The molecule has 1 aliphatic rings. The van der Waals surface area contributed by atoms with Gasteiger partial charge in [-0.2, -0.15) is 13.2 Å². The van der Waals surface area contributed by atoms with Crippen LogP contribution in [0, 0.1) is 0 Å². The van der Waals surface area contributed by atoms with Gasteiger partial charge in [0, 0.05) is 13.1 Å². The van der Waals surface area contributed by atoms with Crippen molar-refractivity contribution in [1.82, 2.24) is 0 Å². The van der Waals surface area contributed by atoms with Gasteiger partial charge in [-0.1, -0.05) is 12.1 Å². The monoisotopic (exact) mass is 343 g/mol. The number of sulfone groups is 2. The van der Waals surface area contributed by atoms with Crippen LogP contribution in [0.1, 0.15) is 0 Å². The summed E-state index contributed by atoms with van der Waals surface area (Å²) in [6, 6.07) is 4.73. The van der Waals surface area contributed by atoms with Crippen molar-refractivity contribution in [2.75, 3.05) is 29.5 Å². The average molecular weight is 343 g/mol.